The monoisotopic (exact) mass is 388 g/mol. The van der Waals surface area contributed by atoms with Crippen LogP contribution in [0, 0.1) is 0 Å². The van der Waals surface area contributed by atoms with Gasteiger partial charge >= 0.3 is 0 Å². The van der Waals surface area contributed by atoms with Crippen LogP contribution in [0.25, 0.3) is 0 Å². The number of halogens is 1. The quantitative estimate of drug-likeness (QED) is 0.511. The first-order valence-corrected chi connectivity index (χ1v) is 8.66. The van der Waals surface area contributed by atoms with Gasteiger partial charge in [-0.25, -0.2) is 0 Å². The Hall–Kier alpha value is -2.99. The van der Waals surface area contributed by atoms with E-state index < -0.39 is 0 Å². The van der Waals surface area contributed by atoms with Gasteiger partial charge in [-0.15, -0.1) is 0 Å². The lowest BCUT2D eigenvalue weighted by atomic mass is 10.2. The SMILES string of the molecule is C=CCOc1ccc(C(=O)NCCNC(=O)c2ccc(Cl)cc2)cc1OC. The molecule has 7 heteroatoms. The number of methoxy groups -OCH3 is 1. The molecule has 2 N–H and O–H groups in total. The summed E-state index contributed by atoms with van der Waals surface area (Å²) in [5, 5.41) is 6.04. The standard InChI is InChI=1S/C20H21ClN2O4/c1-3-12-27-17-9-6-15(13-18(17)26-2)20(25)23-11-10-22-19(24)14-4-7-16(21)8-5-14/h3-9,13H,1,10-12H2,2H3,(H,22,24)(H,23,25). The van der Waals surface area contributed by atoms with Crippen molar-refractivity contribution >= 4 is 23.4 Å². The molecular weight excluding hydrogens is 368 g/mol. The zero-order valence-corrected chi connectivity index (χ0v) is 15.7. The van der Waals surface area contributed by atoms with Gasteiger partial charge in [0.2, 0.25) is 0 Å². The molecule has 0 saturated heterocycles. The Labute approximate surface area is 163 Å². The Kier molecular flexibility index (Phi) is 7.70. The second kappa shape index (κ2) is 10.2. The van der Waals surface area contributed by atoms with Gasteiger partial charge in [-0.05, 0) is 42.5 Å². The van der Waals surface area contributed by atoms with Crippen LogP contribution in [-0.4, -0.2) is 38.6 Å². The molecule has 142 valence electrons. The maximum absolute atomic E-state index is 12.2. The summed E-state index contributed by atoms with van der Waals surface area (Å²) in [7, 11) is 1.50. The Morgan fingerprint density at radius 2 is 1.59 bits per heavy atom. The minimum Gasteiger partial charge on any atom is -0.493 e. The van der Waals surface area contributed by atoms with E-state index in [2.05, 4.69) is 17.2 Å². The molecule has 0 aliphatic carbocycles. The predicted octanol–water partition coefficient (Wildman–Crippen LogP) is 3.07. The zero-order valence-electron chi connectivity index (χ0n) is 15.0. The number of hydrogen-bond acceptors (Lipinski definition) is 4. The molecule has 2 amide bonds. The largest absolute Gasteiger partial charge is 0.493 e. The molecule has 27 heavy (non-hydrogen) atoms. The van der Waals surface area contributed by atoms with Crippen molar-refractivity contribution in [3.63, 3.8) is 0 Å². The predicted molar refractivity (Wildman–Crippen MR) is 105 cm³/mol. The van der Waals surface area contributed by atoms with Crippen LogP contribution in [-0.2, 0) is 0 Å². The Morgan fingerprint density at radius 3 is 2.19 bits per heavy atom. The van der Waals surface area contributed by atoms with E-state index in [1.807, 2.05) is 0 Å². The summed E-state index contributed by atoms with van der Waals surface area (Å²) in [5.74, 6) is 0.486. The number of carbonyl (C=O) groups is 2. The van der Waals surface area contributed by atoms with Crippen molar-refractivity contribution in [3.8, 4) is 11.5 Å². The van der Waals surface area contributed by atoms with E-state index in [1.165, 1.54) is 7.11 Å². The Balaban J connectivity index is 1.83. The lowest BCUT2D eigenvalue weighted by molar-refractivity contribution is 0.0927. The highest BCUT2D eigenvalue weighted by molar-refractivity contribution is 6.30. The number of nitrogens with one attached hydrogen (secondary N) is 2. The highest BCUT2D eigenvalue weighted by Gasteiger charge is 2.11. The average molecular weight is 389 g/mol. The molecule has 0 bridgehead atoms. The van der Waals surface area contributed by atoms with Crippen LogP contribution in [0.3, 0.4) is 0 Å². The average Bonchev–Trinajstić information content (AvgIpc) is 2.69. The van der Waals surface area contributed by atoms with Gasteiger partial charge in [-0.2, -0.15) is 0 Å². The number of hydrogen-bond donors (Lipinski definition) is 2. The molecule has 0 spiro atoms. The van der Waals surface area contributed by atoms with E-state index in [0.29, 0.717) is 40.8 Å². The van der Waals surface area contributed by atoms with E-state index >= 15 is 0 Å². The van der Waals surface area contributed by atoms with E-state index in [4.69, 9.17) is 21.1 Å². The maximum atomic E-state index is 12.2. The number of ether oxygens (including phenoxy) is 2. The molecule has 0 aliphatic rings. The van der Waals surface area contributed by atoms with Crippen LogP contribution in [0.5, 0.6) is 11.5 Å². The minimum atomic E-state index is -0.274. The van der Waals surface area contributed by atoms with E-state index in [1.54, 1.807) is 48.5 Å². The van der Waals surface area contributed by atoms with Gasteiger partial charge in [0, 0.05) is 29.2 Å². The van der Waals surface area contributed by atoms with Crippen molar-refractivity contribution in [1.82, 2.24) is 10.6 Å². The second-order valence-electron chi connectivity index (χ2n) is 5.48. The third-order valence-electron chi connectivity index (χ3n) is 3.59. The van der Waals surface area contributed by atoms with Crippen molar-refractivity contribution in [2.75, 3.05) is 26.8 Å². The number of amides is 2. The molecule has 2 aromatic rings. The normalized spacial score (nSPS) is 10.0. The van der Waals surface area contributed by atoms with Gasteiger partial charge in [0.1, 0.15) is 6.61 Å². The minimum absolute atomic E-state index is 0.230. The van der Waals surface area contributed by atoms with Gasteiger partial charge in [0.15, 0.2) is 11.5 Å². The maximum Gasteiger partial charge on any atom is 0.251 e. The first kappa shape index (κ1) is 20.3. The molecule has 2 aromatic carbocycles. The summed E-state index contributed by atoms with van der Waals surface area (Å²) < 4.78 is 10.7. The fourth-order valence-electron chi connectivity index (χ4n) is 2.23. The highest BCUT2D eigenvalue weighted by atomic mass is 35.5. The summed E-state index contributed by atoms with van der Waals surface area (Å²) in [6, 6.07) is 11.5. The molecule has 6 nitrogen and oxygen atoms in total. The zero-order chi connectivity index (χ0) is 19.6. The molecule has 0 aromatic heterocycles. The number of rotatable bonds is 9. The fourth-order valence-corrected chi connectivity index (χ4v) is 2.36. The number of benzene rings is 2. The van der Waals surface area contributed by atoms with Crippen molar-refractivity contribution in [3.05, 3.63) is 71.3 Å². The smallest absolute Gasteiger partial charge is 0.251 e. The van der Waals surface area contributed by atoms with E-state index in [9.17, 15) is 9.59 Å². The third-order valence-corrected chi connectivity index (χ3v) is 3.84. The van der Waals surface area contributed by atoms with E-state index in [0.717, 1.165) is 0 Å². The van der Waals surface area contributed by atoms with Crippen molar-refractivity contribution in [2.45, 2.75) is 0 Å². The summed E-state index contributed by atoms with van der Waals surface area (Å²) in [6.07, 6.45) is 1.62. The molecular formula is C20H21ClN2O4. The van der Waals surface area contributed by atoms with Gasteiger partial charge in [0.25, 0.3) is 11.8 Å². The van der Waals surface area contributed by atoms with Crippen LogP contribution in [0.2, 0.25) is 5.02 Å². The topological polar surface area (TPSA) is 76.7 Å². The second-order valence-corrected chi connectivity index (χ2v) is 5.92. The molecule has 0 fully saturated rings. The van der Waals surface area contributed by atoms with Gasteiger partial charge in [-0.3, -0.25) is 9.59 Å². The van der Waals surface area contributed by atoms with Crippen LogP contribution >= 0.6 is 11.6 Å². The summed E-state index contributed by atoms with van der Waals surface area (Å²) in [4.78, 5) is 24.2. The first-order valence-electron chi connectivity index (χ1n) is 8.29. The van der Waals surface area contributed by atoms with E-state index in [-0.39, 0.29) is 18.4 Å². The van der Waals surface area contributed by atoms with Crippen LogP contribution < -0.4 is 20.1 Å². The van der Waals surface area contributed by atoms with Gasteiger partial charge < -0.3 is 20.1 Å². The molecule has 0 saturated carbocycles. The Bertz CT molecular complexity index is 806. The molecule has 0 unspecified atom stereocenters. The van der Waals surface area contributed by atoms with Gasteiger partial charge in [-0.1, -0.05) is 24.3 Å². The third kappa shape index (κ3) is 6.04. The number of carbonyl (C=O) groups excluding carboxylic acids is 2. The molecule has 2 rings (SSSR count). The lowest BCUT2D eigenvalue weighted by Gasteiger charge is -2.11. The molecule has 0 heterocycles. The van der Waals surface area contributed by atoms with Crippen LogP contribution in [0.1, 0.15) is 20.7 Å². The highest BCUT2D eigenvalue weighted by Crippen LogP contribution is 2.28. The molecule has 0 radical (unpaired) electrons. The van der Waals surface area contributed by atoms with Crippen molar-refractivity contribution in [2.24, 2.45) is 0 Å². The van der Waals surface area contributed by atoms with Crippen molar-refractivity contribution < 1.29 is 19.1 Å². The van der Waals surface area contributed by atoms with Crippen LogP contribution in [0.15, 0.2) is 55.1 Å². The molecule has 0 aliphatic heterocycles. The van der Waals surface area contributed by atoms with Crippen LogP contribution in [0.4, 0.5) is 0 Å². The van der Waals surface area contributed by atoms with Crippen molar-refractivity contribution in [1.29, 1.82) is 0 Å². The summed E-state index contributed by atoms with van der Waals surface area (Å²) in [6.45, 7) is 4.51. The summed E-state index contributed by atoms with van der Waals surface area (Å²) >= 11 is 5.79. The summed E-state index contributed by atoms with van der Waals surface area (Å²) in [5.41, 5.74) is 0.937. The Morgan fingerprint density at radius 1 is 1.00 bits per heavy atom. The van der Waals surface area contributed by atoms with Gasteiger partial charge in [0.05, 0.1) is 7.11 Å². The lowest BCUT2D eigenvalue weighted by Crippen LogP contribution is -2.34. The molecule has 0 atom stereocenters. The first-order chi connectivity index (χ1) is 13.0. The fraction of sp³-hybridized carbons (Fsp3) is 0.200.